The van der Waals surface area contributed by atoms with Crippen molar-refractivity contribution in [3.63, 3.8) is 0 Å². The summed E-state index contributed by atoms with van der Waals surface area (Å²) >= 11 is 10.0. The van der Waals surface area contributed by atoms with Gasteiger partial charge in [0.25, 0.3) is 5.91 Å². The second-order valence-electron chi connectivity index (χ2n) is 7.62. The molecule has 154 valence electrons. The highest BCUT2D eigenvalue weighted by atomic mass is 79.9. The van der Waals surface area contributed by atoms with Gasteiger partial charge in [0.2, 0.25) is 0 Å². The van der Waals surface area contributed by atoms with Crippen LogP contribution in [0.5, 0.6) is 0 Å². The summed E-state index contributed by atoms with van der Waals surface area (Å²) in [6.45, 7) is 3.40. The summed E-state index contributed by atoms with van der Waals surface area (Å²) in [7, 11) is 0. The fourth-order valence-corrected chi connectivity index (χ4v) is 4.65. The number of halogens is 2. The van der Waals surface area contributed by atoms with Gasteiger partial charge in [-0.1, -0.05) is 54.1 Å². The predicted molar refractivity (Wildman–Crippen MR) is 128 cm³/mol. The highest BCUT2D eigenvalue weighted by molar-refractivity contribution is 9.10. The molecule has 0 saturated carbocycles. The lowest BCUT2D eigenvalue weighted by Gasteiger charge is -2.15. The highest BCUT2D eigenvalue weighted by Crippen LogP contribution is 2.27. The number of nitrogens with zero attached hydrogens (tertiary/aromatic N) is 1. The number of hydrogen-bond donors (Lipinski definition) is 1. The molecule has 1 fully saturated rings. The highest BCUT2D eigenvalue weighted by Gasteiger charge is 2.14. The van der Waals surface area contributed by atoms with Gasteiger partial charge in [0.1, 0.15) is 0 Å². The number of benzene rings is 3. The minimum Gasteiger partial charge on any atom is -0.322 e. The summed E-state index contributed by atoms with van der Waals surface area (Å²) in [6.07, 6.45) is 3.51. The van der Waals surface area contributed by atoms with Gasteiger partial charge in [-0.2, -0.15) is 0 Å². The Hall–Kier alpha value is -2.14. The summed E-state index contributed by atoms with van der Waals surface area (Å²) in [5.74, 6) is -0.164. The third kappa shape index (κ3) is 5.12. The van der Waals surface area contributed by atoms with Crippen molar-refractivity contribution in [3.05, 3.63) is 87.4 Å². The molecule has 0 spiro atoms. The van der Waals surface area contributed by atoms with Crippen LogP contribution in [0.1, 0.15) is 28.8 Å². The van der Waals surface area contributed by atoms with Crippen LogP contribution in [0, 0.1) is 0 Å². The first kappa shape index (κ1) is 21.1. The van der Waals surface area contributed by atoms with Gasteiger partial charge >= 0.3 is 0 Å². The lowest BCUT2D eigenvalue weighted by Crippen LogP contribution is -2.22. The predicted octanol–water partition coefficient (Wildman–Crippen LogP) is 6.66. The molecule has 3 aromatic rings. The van der Waals surface area contributed by atoms with E-state index in [4.69, 9.17) is 11.6 Å². The molecule has 0 radical (unpaired) electrons. The van der Waals surface area contributed by atoms with Crippen LogP contribution in [-0.2, 0) is 6.42 Å². The number of hydrogen-bond acceptors (Lipinski definition) is 2. The standard InChI is InChI=1S/C25H24BrClN2O/c26-23-16-20(18-6-2-1-3-7-18)9-11-22(23)25(30)28-21-10-8-19(24(27)17-21)12-15-29-13-4-5-14-29/h1-3,6-11,16-17H,4-5,12-15H2,(H,28,30). The first-order valence-corrected chi connectivity index (χ1v) is 11.4. The van der Waals surface area contributed by atoms with Crippen molar-refractivity contribution >= 4 is 39.1 Å². The molecular formula is C25H24BrClN2O. The molecule has 3 nitrogen and oxygen atoms in total. The molecule has 1 aliphatic heterocycles. The Kier molecular flexibility index (Phi) is 6.88. The molecule has 3 aromatic carbocycles. The number of amides is 1. The van der Waals surface area contributed by atoms with Crippen molar-refractivity contribution in [1.82, 2.24) is 4.90 Å². The van der Waals surface area contributed by atoms with Crippen LogP contribution in [0.2, 0.25) is 5.02 Å². The van der Waals surface area contributed by atoms with Gasteiger partial charge < -0.3 is 10.2 Å². The second-order valence-corrected chi connectivity index (χ2v) is 8.88. The van der Waals surface area contributed by atoms with Gasteiger partial charge in [-0.3, -0.25) is 4.79 Å². The van der Waals surface area contributed by atoms with E-state index in [1.165, 1.54) is 25.9 Å². The van der Waals surface area contributed by atoms with Gasteiger partial charge in [-0.05, 0) is 89.2 Å². The number of rotatable bonds is 6. The largest absolute Gasteiger partial charge is 0.322 e. The number of nitrogens with one attached hydrogen (secondary N) is 1. The number of likely N-dealkylation sites (tertiary alicyclic amines) is 1. The first-order chi connectivity index (χ1) is 14.6. The van der Waals surface area contributed by atoms with Crippen LogP contribution in [0.15, 0.2) is 71.2 Å². The average Bonchev–Trinajstić information content (AvgIpc) is 3.27. The van der Waals surface area contributed by atoms with Crippen LogP contribution in [0.3, 0.4) is 0 Å². The maximum Gasteiger partial charge on any atom is 0.256 e. The Labute approximate surface area is 191 Å². The van der Waals surface area contributed by atoms with Crippen LogP contribution < -0.4 is 5.32 Å². The normalized spacial score (nSPS) is 14.1. The molecule has 0 aliphatic carbocycles. The second kappa shape index (κ2) is 9.78. The maximum absolute atomic E-state index is 12.8. The Morgan fingerprint density at radius 3 is 2.43 bits per heavy atom. The molecule has 1 N–H and O–H groups in total. The molecule has 0 unspecified atom stereocenters. The Balaban J connectivity index is 1.42. The van der Waals surface area contributed by atoms with Crippen LogP contribution in [0.25, 0.3) is 11.1 Å². The smallest absolute Gasteiger partial charge is 0.256 e. The van der Waals surface area contributed by atoms with E-state index >= 15 is 0 Å². The van der Waals surface area contributed by atoms with Crippen LogP contribution in [0.4, 0.5) is 5.69 Å². The monoisotopic (exact) mass is 482 g/mol. The topological polar surface area (TPSA) is 32.3 Å². The van der Waals surface area contributed by atoms with E-state index in [9.17, 15) is 4.79 Å². The van der Waals surface area contributed by atoms with Crippen LogP contribution >= 0.6 is 27.5 Å². The van der Waals surface area contributed by atoms with Gasteiger partial charge in [-0.15, -0.1) is 0 Å². The molecule has 4 rings (SSSR count). The molecule has 0 aromatic heterocycles. The summed E-state index contributed by atoms with van der Waals surface area (Å²) in [5.41, 5.74) is 4.58. The Morgan fingerprint density at radius 2 is 1.73 bits per heavy atom. The van der Waals surface area contributed by atoms with Gasteiger partial charge in [0.15, 0.2) is 0 Å². The van der Waals surface area contributed by atoms with Crippen molar-refractivity contribution < 1.29 is 4.79 Å². The van der Waals surface area contributed by atoms with Crippen molar-refractivity contribution in [2.45, 2.75) is 19.3 Å². The summed E-state index contributed by atoms with van der Waals surface area (Å²) < 4.78 is 0.759. The zero-order valence-electron chi connectivity index (χ0n) is 16.7. The summed E-state index contributed by atoms with van der Waals surface area (Å²) in [5, 5.41) is 3.66. The fraction of sp³-hybridized carbons (Fsp3) is 0.240. The fourth-order valence-electron chi connectivity index (χ4n) is 3.82. The molecule has 30 heavy (non-hydrogen) atoms. The minimum atomic E-state index is -0.164. The van der Waals surface area contributed by atoms with Gasteiger partial charge in [-0.25, -0.2) is 0 Å². The minimum absolute atomic E-state index is 0.164. The van der Waals surface area contributed by atoms with Gasteiger partial charge in [0.05, 0.1) is 5.56 Å². The number of carbonyl (C=O) groups is 1. The quantitative estimate of drug-likeness (QED) is 0.425. The van der Waals surface area contributed by atoms with Crippen LogP contribution in [-0.4, -0.2) is 30.4 Å². The zero-order valence-corrected chi connectivity index (χ0v) is 19.0. The summed E-state index contributed by atoms with van der Waals surface area (Å²) in [6, 6.07) is 21.6. The molecule has 0 atom stereocenters. The Bertz CT molecular complexity index is 1030. The Morgan fingerprint density at radius 1 is 0.967 bits per heavy atom. The van der Waals surface area contributed by atoms with E-state index in [0.717, 1.165) is 34.1 Å². The number of anilines is 1. The third-order valence-electron chi connectivity index (χ3n) is 5.53. The van der Waals surface area contributed by atoms with E-state index in [-0.39, 0.29) is 5.91 Å². The number of carbonyl (C=O) groups excluding carboxylic acids is 1. The summed E-state index contributed by atoms with van der Waals surface area (Å²) in [4.78, 5) is 15.3. The molecule has 1 aliphatic rings. The van der Waals surface area contributed by atoms with E-state index in [0.29, 0.717) is 16.3 Å². The average molecular weight is 484 g/mol. The lowest BCUT2D eigenvalue weighted by molar-refractivity contribution is 0.102. The van der Waals surface area contributed by atoms with E-state index in [1.54, 1.807) is 0 Å². The van der Waals surface area contributed by atoms with Crippen molar-refractivity contribution in [1.29, 1.82) is 0 Å². The molecule has 1 saturated heterocycles. The SMILES string of the molecule is O=C(Nc1ccc(CCN2CCCC2)c(Cl)c1)c1ccc(-c2ccccc2)cc1Br. The van der Waals surface area contributed by atoms with Crippen molar-refractivity contribution in [2.75, 3.05) is 25.0 Å². The van der Waals surface area contributed by atoms with E-state index in [1.807, 2.05) is 54.6 Å². The van der Waals surface area contributed by atoms with Crippen molar-refractivity contribution in [3.8, 4) is 11.1 Å². The first-order valence-electron chi connectivity index (χ1n) is 10.3. The van der Waals surface area contributed by atoms with Gasteiger partial charge in [0, 0.05) is 21.7 Å². The maximum atomic E-state index is 12.8. The van der Waals surface area contributed by atoms with Crippen molar-refractivity contribution in [2.24, 2.45) is 0 Å². The third-order valence-corrected chi connectivity index (χ3v) is 6.54. The zero-order chi connectivity index (χ0) is 20.9. The van der Waals surface area contributed by atoms with E-state index in [2.05, 4.69) is 38.3 Å². The molecule has 1 amide bonds. The van der Waals surface area contributed by atoms with E-state index < -0.39 is 0 Å². The molecule has 1 heterocycles. The lowest BCUT2D eigenvalue weighted by atomic mass is 10.0. The molecular weight excluding hydrogens is 460 g/mol. The molecule has 5 heteroatoms. The molecule has 0 bridgehead atoms.